The van der Waals surface area contributed by atoms with Crippen LogP contribution < -0.4 is 0 Å². The first-order chi connectivity index (χ1) is 9.13. The highest BCUT2D eigenvalue weighted by atomic mass is 32.2. The summed E-state index contributed by atoms with van der Waals surface area (Å²) in [6, 6.07) is 6.59. The Hall–Kier alpha value is -0.960. The summed E-state index contributed by atoms with van der Waals surface area (Å²) in [5, 5.41) is 0. The zero-order valence-corrected chi connectivity index (χ0v) is 13.0. The quantitative estimate of drug-likeness (QED) is 0.398. The highest BCUT2D eigenvalue weighted by Gasteiger charge is 2.02. The number of hydrogen-bond donors (Lipinski definition) is 0. The molecule has 3 heteroatoms. The summed E-state index contributed by atoms with van der Waals surface area (Å²) in [6.07, 6.45) is 3.74. The number of esters is 1. The molecule has 0 aliphatic rings. The minimum atomic E-state index is -0.0652. The topological polar surface area (TPSA) is 26.3 Å². The van der Waals surface area contributed by atoms with E-state index >= 15 is 0 Å². The van der Waals surface area contributed by atoms with Crippen molar-refractivity contribution < 1.29 is 9.53 Å². The fourth-order valence-corrected chi connectivity index (χ4v) is 2.94. The van der Waals surface area contributed by atoms with Gasteiger partial charge in [0.15, 0.2) is 0 Å². The lowest BCUT2D eigenvalue weighted by atomic mass is 10.2. The van der Waals surface area contributed by atoms with Crippen LogP contribution in [0.3, 0.4) is 0 Å². The standard InChI is InChI=1S/C16H24O2S/c1-4-18-16(17)8-6-5-7-11-19-15-10-9-13(2)12-14(15)3/h9-10,12H,4-8,11H2,1-3H3. The van der Waals surface area contributed by atoms with E-state index < -0.39 is 0 Å². The van der Waals surface area contributed by atoms with Crippen LogP contribution >= 0.6 is 11.8 Å². The number of aryl methyl sites for hydroxylation is 2. The molecule has 0 saturated heterocycles. The van der Waals surface area contributed by atoms with Gasteiger partial charge in [-0.25, -0.2) is 0 Å². The molecular formula is C16H24O2S. The first-order valence-corrected chi connectivity index (χ1v) is 7.97. The summed E-state index contributed by atoms with van der Waals surface area (Å²) in [5.41, 5.74) is 2.67. The molecule has 0 fully saturated rings. The van der Waals surface area contributed by atoms with Crippen LogP contribution in [0.5, 0.6) is 0 Å². The van der Waals surface area contributed by atoms with E-state index in [-0.39, 0.29) is 5.97 Å². The summed E-state index contributed by atoms with van der Waals surface area (Å²) < 4.78 is 4.90. The number of carbonyl (C=O) groups excluding carboxylic acids is 1. The van der Waals surface area contributed by atoms with Gasteiger partial charge in [0, 0.05) is 11.3 Å². The monoisotopic (exact) mass is 280 g/mol. The average molecular weight is 280 g/mol. The number of unbranched alkanes of at least 4 members (excludes halogenated alkanes) is 2. The van der Waals surface area contributed by atoms with Crippen LogP contribution in [0, 0.1) is 13.8 Å². The minimum absolute atomic E-state index is 0.0652. The Kier molecular flexibility index (Phi) is 7.65. The third kappa shape index (κ3) is 6.67. The maximum atomic E-state index is 11.1. The van der Waals surface area contributed by atoms with Gasteiger partial charge >= 0.3 is 5.97 Å². The average Bonchev–Trinajstić information content (AvgIpc) is 2.36. The highest BCUT2D eigenvalue weighted by Crippen LogP contribution is 2.24. The largest absolute Gasteiger partial charge is 0.466 e. The Bertz CT molecular complexity index is 402. The minimum Gasteiger partial charge on any atom is -0.466 e. The number of benzene rings is 1. The molecule has 19 heavy (non-hydrogen) atoms. The van der Waals surface area contributed by atoms with Crippen LogP contribution in [0.15, 0.2) is 23.1 Å². The molecule has 0 radical (unpaired) electrons. The molecule has 0 saturated carbocycles. The molecule has 0 heterocycles. The van der Waals surface area contributed by atoms with Gasteiger partial charge in [-0.3, -0.25) is 4.79 Å². The van der Waals surface area contributed by atoms with Gasteiger partial charge in [0.25, 0.3) is 0 Å². The summed E-state index contributed by atoms with van der Waals surface area (Å²) >= 11 is 1.91. The predicted octanol–water partition coefficient (Wildman–Crippen LogP) is 4.52. The van der Waals surface area contributed by atoms with Crippen molar-refractivity contribution in [1.29, 1.82) is 0 Å². The molecule has 0 aromatic heterocycles. The molecule has 0 N–H and O–H groups in total. The van der Waals surface area contributed by atoms with Crippen molar-refractivity contribution in [3.8, 4) is 0 Å². The number of ether oxygens (including phenoxy) is 1. The maximum absolute atomic E-state index is 11.1. The Morgan fingerprint density at radius 2 is 2.00 bits per heavy atom. The molecule has 0 bridgehead atoms. The second-order valence-corrected chi connectivity index (χ2v) is 5.87. The van der Waals surface area contributed by atoms with Crippen LogP contribution in [-0.2, 0) is 9.53 Å². The van der Waals surface area contributed by atoms with Crippen LogP contribution in [0.25, 0.3) is 0 Å². The van der Waals surface area contributed by atoms with Crippen LogP contribution in [-0.4, -0.2) is 18.3 Å². The van der Waals surface area contributed by atoms with Gasteiger partial charge in [-0.1, -0.05) is 24.1 Å². The zero-order valence-electron chi connectivity index (χ0n) is 12.2. The normalized spacial score (nSPS) is 10.5. The summed E-state index contributed by atoms with van der Waals surface area (Å²) in [6.45, 7) is 6.62. The van der Waals surface area contributed by atoms with E-state index in [1.807, 2.05) is 18.7 Å². The molecule has 1 aromatic carbocycles. The Morgan fingerprint density at radius 3 is 2.68 bits per heavy atom. The number of hydrogen-bond acceptors (Lipinski definition) is 3. The molecular weight excluding hydrogens is 256 g/mol. The van der Waals surface area contributed by atoms with Crippen molar-refractivity contribution in [1.82, 2.24) is 0 Å². The zero-order chi connectivity index (χ0) is 14.1. The van der Waals surface area contributed by atoms with Crippen molar-refractivity contribution in [2.45, 2.75) is 51.3 Å². The van der Waals surface area contributed by atoms with Crippen molar-refractivity contribution in [3.63, 3.8) is 0 Å². The van der Waals surface area contributed by atoms with Gasteiger partial charge in [-0.15, -0.1) is 11.8 Å². The molecule has 0 unspecified atom stereocenters. The first kappa shape index (κ1) is 16.1. The number of thioether (sulfide) groups is 1. The van der Waals surface area contributed by atoms with Gasteiger partial charge in [0.2, 0.25) is 0 Å². The van der Waals surface area contributed by atoms with E-state index in [9.17, 15) is 4.79 Å². The molecule has 0 spiro atoms. The van der Waals surface area contributed by atoms with E-state index in [1.165, 1.54) is 16.0 Å². The van der Waals surface area contributed by atoms with E-state index in [0.717, 1.165) is 25.0 Å². The third-order valence-electron chi connectivity index (χ3n) is 2.92. The van der Waals surface area contributed by atoms with Gasteiger partial charge in [-0.2, -0.15) is 0 Å². The van der Waals surface area contributed by atoms with Crippen molar-refractivity contribution in [2.24, 2.45) is 0 Å². The van der Waals surface area contributed by atoms with E-state index in [0.29, 0.717) is 13.0 Å². The maximum Gasteiger partial charge on any atom is 0.305 e. The van der Waals surface area contributed by atoms with Crippen LogP contribution in [0.1, 0.15) is 43.7 Å². The summed E-state index contributed by atoms with van der Waals surface area (Å²) in [7, 11) is 0. The van der Waals surface area contributed by atoms with Gasteiger partial charge in [-0.05, 0) is 51.0 Å². The summed E-state index contributed by atoms with van der Waals surface area (Å²) in [5.74, 6) is 1.05. The van der Waals surface area contributed by atoms with Gasteiger partial charge in [0.1, 0.15) is 0 Å². The van der Waals surface area contributed by atoms with Crippen LogP contribution in [0.4, 0.5) is 0 Å². The molecule has 1 rings (SSSR count). The molecule has 0 amide bonds. The smallest absolute Gasteiger partial charge is 0.305 e. The molecule has 2 nitrogen and oxygen atoms in total. The summed E-state index contributed by atoms with van der Waals surface area (Å²) in [4.78, 5) is 12.5. The lowest BCUT2D eigenvalue weighted by Gasteiger charge is -2.06. The molecule has 0 aliphatic carbocycles. The van der Waals surface area contributed by atoms with E-state index in [2.05, 4.69) is 32.0 Å². The Morgan fingerprint density at radius 1 is 1.21 bits per heavy atom. The molecule has 106 valence electrons. The van der Waals surface area contributed by atoms with Crippen molar-refractivity contribution in [3.05, 3.63) is 29.3 Å². The second-order valence-electron chi connectivity index (χ2n) is 4.73. The fraction of sp³-hybridized carbons (Fsp3) is 0.562. The SMILES string of the molecule is CCOC(=O)CCCCCSc1ccc(C)cc1C. The lowest BCUT2D eigenvalue weighted by molar-refractivity contribution is -0.143. The van der Waals surface area contributed by atoms with E-state index in [4.69, 9.17) is 4.74 Å². The second kappa shape index (κ2) is 9.03. The molecule has 1 aromatic rings. The number of carbonyl (C=O) groups is 1. The van der Waals surface area contributed by atoms with Gasteiger partial charge < -0.3 is 4.74 Å². The third-order valence-corrected chi connectivity index (χ3v) is 4.18. The highest BCUT2D eigenvalue weighted by molar-refractivity contribution is 7.99. The van der Waals surface area contributed by atoms with E-state index in [1.54, 1.807) is 0 Å². The Balaban J connectivity index is 2.12. The lowest BCUT2D eigenvalue weighted by Crippen LogP contribution is -2.03. The number of rotatable bonds is 8. The molecule has 0 atom stereocenters. The van der Waals surface area contributed by atoms with Crippen LogP contribution in [0.2, 0.25) is 0 Å². The predicted molar refractivity (Wildman–Crippen MR) is 81.7 cm³/mol. The van der Waals surface area contributed by atoms with Gasteiger partial charge in [0.05, 0.1) is 6.61 Å². The fourth-order valence-electron chi connectivity index (χ4n) is 1.92. The van der Waals surface area contributed by atoms with Crippen molar-refractivity contribution >= 4 is 17.7 Å². The van der Waals surface area contributed by atoms with Crippen molar-refractivity contribution in [2.75, 3.05) is 12.4 Å². The molecule has 0 aliphatic heterocycles. The Labute approximate surface area is 120 Å². The first-order valence-electron chi connectivity index (χ1n) is 6.99.